The molecule has 0 saturated carbocycles. The molecule has 19 heavy (non-hydrogen) atoms. The summed E-state index contributed by atoms with van der Waals surface area (Å²) in [5, 5.41) is 10.8. The molecule has 1 aromatic rings. The number of rotatable bonds is 3. The molecule has 6 heteroatoms. The molecule has 1 aliphatic rings. The maximum absolute atomic E-state index is 10.8. The molecule has 0 bridgehead atoms. The van der Waals surface area contributed by atoms with Gasteiger partial charge in [-0.2, -0.15) is 0 Å². The molecule has 0 aromatic carbocycles. The second-order valence-electron chi connectivity index (χ2n) is 4.86. The number of nitrogens with zero attached hydrogens (tertiary/aromatic N) is 4. The minimum atomic E-state index is -0.382. The van der Waals surface area contributed by atoms with Gasteiger partial charge in [0.05, 0.1) is 4.92 Å². The van der Waals surface area contributed by atoms with Crippen LogP contribution in [0.25, 0.3) is 0 Å². The molecule has 1 aliphatic heterocycles. The average Bonchev–Trinajstić information content (AvgIpc) is 2.63. The fraction of sp³-hybridized carbons (Fsp3) is 0.615. The van der Waals surface area contributed by atoms with Gasteiger partial charge in [0.15, 0.2) is 0 Å². The number of nitro groups is 1. The van der Waals surface area contributed by atoms with E-state index in [1.54, 1.807) is 6.92 Å². The lowest BCUT2D eigenvalue weighted by Crippen LogP contribution is -2.31. The lowest BCUT2D eigenvalue weighted by Gasteiger charge is -2.22. The molecule has 1 aromatic heterocycles. The van der Waals surface area contributed by atoms with E-state index in [0.717, 1.165) is 45.0 Å². The van der Waals surface area contributed by atoms with Crippen molar-refractivity contribution in [1.29, 1.82) is 0 Å². The first kappa shape index (κ1) is 13.7. The first-order valence-electron chi connectivity index (χ1n) is 6.70. The third-order valence-electron chi connectivity index (χ3n) is 3.63. The normalized spacial score (nSPS) is 17.3. The van der Waals surface area contributed by atoms with E-state index in [1.807, 2.05) is 6.07 Å². The number of pyridine rings is 1. The van der Waals surface area contributed by atoms with Crippen LogP contribution in [0.3, 0.4) is 0 Å². The van der Waals surface area contributed by atoms with Gasteiger partial charge in [0, 0.05) is 25.2 Å². The van der Waals surface area contributed by atoms with E-state index in [0.29, 0.717) is 5.56 Å². The predicted molar refractivity (Wildman–Crippen MR) is 74.6 cm³/mol. The van der Waals surface area contributed by atoms with Crippen LogP contribution < -0.4 is 4.90 Å². The Bertz CT molecular complexity index is 464. The smallest absolute Gasteiger partial charge is 0.290 e. The van der Waals surface area contributed by atoms with E-state index in [9.17, 15) is 10.1 Å². The largest absolute Gasteiger partial charge is 0.355 e. The van der Waals surface area contributed by atoms with E-state index in [4.69, 9.17) is 0 Å². The number of hydrogen-bond donors (Lipinski definition) is 0. The Morgan fingerprint density at radius 3 is 2.79 bits per heavy atom. The van der Waals surface area contributed by atoms with E-state index >= 15 is 0 Å². The van der Waals surface area contributed by atoms with Crippen molar-refractivity contribution in [2.75, 3.05) is 37.6 Å². The number of hydrogen-bond acceptors (Lipinski definition) is 5. The van der Waals surface area contributed by atoms with Crippen LogP contribution in [0.2, 0.25) is 0 Å². The zero-order valence-corrected chi connectivity index (χ0v) is 11.5. The topological polar surface area (TPSA) is 62.5 Å². The number of aromatic nitrogens is 1. The van der Waals surface area contributed by atoms with Crippen LogP contribution in [0.5, 0.6) is 0 Å². The molecule has 0 spiro atoms. The molecule has 0 atom stereocenters. The molecule has 1 saturated heterocycles. The summed E-state index contributed by atoms with van der Waals surface area (Å²) in [5.41, 5.74) is 0.764. The highest BCUT2D eigenvalue weighted by Gasteiger charge is 2.17. The molecule has 0 amide bonds. The van der Waals surface area contributed by atoms with Gasteiger partial charge in [-0.3, -0.25) is 10.1 Å². The first-order chi connectivity index (χ1) is 9.11. The summed E-state index contributed by atoms with van der Waals surface area (Å²) in [7, 11) is 0. The van der Waals surface area contributed by atoms with Crippen LogP contribution >= 0.6 is 0 Å². The molecule has 0 N–H and O–H groups in total. The van der Waals surface area contributed by atoms with Gasteiger partial charge in [-0.25, -0.2) is 4.98 Å². The van der Waals surface area contributed by atoms with E-state index in [1.165, 1.54) is 6.20 Å². The zero-order valence-electron chi connectivity index (χ0n) is 11.5. The third-order valence-corrected chi connectivity index (χ3v) is 3.63. The molecule has 2 rings (SSSR count). The summed E-state index contributed by atoms with van der Waals surface area (Å²) in [6.07, 6.45) is 2.47. The summed E-state index contributed by atoms with van der Waals surface area (Å²) in [4.78, 5) is 19.3. The van der Waals surface area contributed by atoms with Gasteiger partial charge in [0.25, 0.3) is 5.69 Å². The molecule has 0 unspecified atom stereocenters. The molecule has 0 radical (unpaired) electrons. The summed E-state index contributed by atoms with van der Waals surface area (Å²) in [6.45, 7) is 9.02. The molecule has 6 nitrogen and oxygen atoms in total. The minimum Gasteiger partial charge on any atom is -0.355 e. The standard InChI is InChI=1S/C13H20N4O2/c1-3-15-5-4-6-16(8-7-15)13-9-11(2)12(10-14-13)17(18)19/h9-10H,3-8H2,1-2H3. The Hall–Kier alpha value is -1.69. The van der Waals surface area contributed by atoms with Crippen LogP contribution in [-0.4, -0.2) is 47.5 Å². The Morgan fingerprint density at radius 1 is 1.37 bits per heavy atom. The summed E-state index contributed by atoms with van der Waals surface area (Å²) in [6, 6.07) is 1.82. The highest BCUT2D eigenvalue weighted by atomic mass is 16.6. The predicted octanol–water partition coefficient (Wildman–Crippen LogP) is 1.83. The zero-order chi connectivity index (χ0) is 13.8. The summed E-state index contributed by atoms with van der Waals surface area (Å²) >= 11 is 0. The second-order valence-corrected chi connectivity index (χ2v) is 4.86. The lowest BCUT2D eigenvalue weighted by atomic mass is 10.2. The molecular formula is C13H20N4O2. The van der Waals surface area contributed by atoms with Crippen LogP contribution in [0.1, 0.15) is 18.9 Å². The summed E-state index contributed by atoms with van der Waals surface area (Å²) in [5.74, 6) is 0.848. The molecule has 2 heterocycles. The van der Waals surface area contributed by atoms with Gasteiger partial charge < -0.3 is 9.80 Å². The number of aryl methyl sites for hydroxylation is 1. The lowest BCUT2D eigenvalue weighted by molar-refractivity contribution is -0.385. The minimum absolute atomic E-state index is 0.0914. The van der Waals surface area contributed by atoms with Gasteiger partial charge in [0.1, 0.15) is 12.0 Å². The second kappa shape index (κ2) is 5.97. The maximum atomic E-state index is 10.8. The Labute approximate surface area is 113 Å². The van der Waals surface area contributed by atoms with Crippen molar-refractivity contribution in [1.82, 2.24) is 9.88 Å². The average molecular weight is 264 g/mol. The van der Waals surface area contributed by atoms with Crippen molar-refractivity contribution in [2.45, 2.75) is 20.3 Å². The van der Waals surface area contributed by atoms with Crippen molar-refractivity contribution >= 4 is 11.5 Å². The maximum Gasteiger partial charge on any atom is 0.290 e. The Morgan fingerprint density at radius 2 is 2.16 bits per heavy atom. The van der Waals surface area contributed by atoms with Crippen LogP contribution in [0, 0.1) is 17.0 Å². The SMILES string of the molecule is CCN1CCCN(c2cc(C)c([N+](=O)[O-])cn2)CC1. The van der Waals surface area contributed by atoms with Crippen LogP contribution in [-0.2, 0) is 0 Å². The van der Waals surface area contributed by atoms with Crippen molar-refractivity contribution < 1.29 is 4.92 Å². The Kier molecular flexibility index (Phi) is 4.31. The monoisotopic (exact) mass is 264 g/mol. The van der Waals surface area contributed by atoms with Gasteiger partial charge in [-0.1, -0.05) is 6.92 Å². The number of likely N-dealkylation sites (N-methyl/N-ethyl adjacent to an activating group) is 1. The van der Waals surface area contributed by atoms with Crippen LogP contribution in [0.4, 0.5) is 11.5 Å². The van der Waals surface area contributed by atoms with E-state index < -0.39 is 0 Å². The van der Waals surface area contributed by atoms with Crippen molar-refractivity contribution in [3.05, 3.63) is 27.9 Å². The van der Waals surface area contributed by atoms with Crippen molar-refractivity contribution in [3.8, 4) is 0 Å². The third kappa shape index (κ3) is 3.20. The van der Waals surface area contributed by atoms with E-state index in [-0.39, 0.29) is 10.6 Å². The Balaban J connectivity index is 2.13. The molecule has 104 valence electrons. The van der Waals surface area contributed by atoms with Crippen molar-refractivity contribution in [3.63, 3.8) is 0 Å². The highest BCUT2D eigenvalue weighted by Crippen LogP contribution is 2.22. The molecule has 0 aliphatic carbocycles. The van der Waals surface area contributed by atoms with Gasteiger partial charge in [-0.05, 0) is 32.5 Å². The fourth-order valence-corrected chi connectivity index (χ4v) is 2.41. The molecular weight excluding hydrogens is 244 g/mol. The van der Waals surface area contributed by atoms with Crippen molar-refractivity contribution in [2.24, 2.45) is 0 Å². The number of anilines is 1. The molecule has 1 fully saturated rings. The fourth-order valence-electron chi connectivity index (χ4n) is 2.41. The first-order valence-corrected chi connectivity index (χ1v) is 6.70. The van der Waals surface area contributed by atoms with Gasteiger partial charge >= 0.3 is 0 Å². The van der Waals surface area contributed by atoms with Gasteiger partial charge in [-0.15, -0.1) is 0 Å². The van der Waals surface area contributed by atoms with Crippen LogP contribution in [0.15, 0.2) is 12.3 Å². The van der Waals surface area contributed by atoms with E-state index in [2.05, 4.69) is 21.7 Å². The van der Waals surface area contributed by atoms with Gasteiger partial charge in [0.2, 0.25) is 0 Å². The highest BCUT2D eigenvalue weighted by molar-refractivity contribution is 5.48. The quantitative estimate of drug-likeness (QED) is 0.615. The summed E-state index contributed by atoms with van der Waals surface area (Å²) < 4.78 is 0.